The first-order valence-corrected chi connectivity index (χ1v) is 7.45. The number of ether oxygens (including phenoxy) is 2. The van der Waals surface area contributed by atoms with E-state index in [4.69, 9.17) is 15.2 Å². The number of hydrogen-bond donors (Lipinski definition) is 2. The average Bonchev–Trinajstić information content (AvgIpc) is 3.08. The monoisotopic (exact) mass is 321 g/mol. The fourth-order valence-corrected chi connectivity index (χ4v) is 2.47. The first kappa shape index (κ1) is 14.3. The van der Waals surface area contributed by atoms with Gasteiger partial charge >= 0.3 is 0 Å². The van der Waals surface area contributed by atoms with Crippen LogP contribution in [0.25, 0.3) is 11.3 Å². The normalized spacial score (nSPS) is 12.2. The highest BCUT2D eigenvalue weighted by Crippen LogP contribution is 2.32. The Morgan fingerprint density at radius 1 is 1.00 bits per heavy atom. The van der Waals surface area contributed by atoms with Crippen LogP contribution in [0.4, 0.5) is 11.8 Å². The molecule has 0 spiro atoms. The third-order valence-corrected chi connectivity index (χ3v) is 3.63. The van der Waals surface area contributed by atoms with Crippen molar-refractivity contribution in [2.24, 2.45) is 0 Å². The van der Waals surface area contributed by atoms with Crippen molar-refractivity contribution >= 4 is 11.8 Å². The van der Waals surface area contributed by atoms with E-state index < -0.39 is 0 Å². The van der Waals surface area contributed by atoms with Crippen LogP contribution in [0, 0.1) is 0 Å². The Morgan fingerprint density at radius 3 is 2.71 bits per heavy atom. The van der Waals surface area contributed by atoms with E-state index in [0.29, 0.717) is 12.4 Å². The number of aromatic nitrogens is 3. The Morgan fingerprint density at radius 2 is 1.83 bits per heavy atom. The van der Waals surface area contributed by atoms with Gasteiger partial charge in [-0.2, -0.15) is 4.98 Å². The number of benzene rings is 1. The number of nitrogens with one attached hydrogen (secondary N) is 1. The highest BCUT2D eigenvalue weighted by atomic mass is 16.7. The summed E-state index contributed by atoms with van der Waals surface area (Å²) in [5.74, 6) is 2.41. The summed E-state index contributed by atoms with van der Waals surface area (Å²) < 4.78 is 10.7. The molecule has 24 heavy (non-hydrogen) atoms. The second-order valence-electron chi connectivity index (χ2n) is 5.27. The van der Waals surface area contributed by atoms with Crippen LogP contribution in [0.2, 0.25) is 0 Å². The Labute approximate surface area is 138 Å². The molecule has 3 aromatic rings. The predicted molar refractivity (Wildman–Crippen MR) is 89.6 cm³/mol. The molecule has 3 N–H and O–H groups in total. The highest BCUT2D eigenvalue weighted by Gasteiger charge is 2.13. The second-order valence-corrected chi connectivity index (χ2v) is 5.27. The Hall–Kier alpha value is -3.35. The highest BCUT2D eigenvalue weighted by molar-refractivity contribution is 5.63. The molecule has 1 aliphatic heterocycles. The van der Waals surface area contributed by atoms with E-state index in [9.17, 15) is 0 Å². The minimum Gasteiger partial charge on any atom is -0.454 e. The van der Waals surface area contributed by atoms with E-state index in [1.807, 2.05) is 36.4 Å². The summed E-state index contributed by atoms with van der Waals surface area (Å²) in [7, 11) is 0. The molecule has 120 valence electrons. The lowest BCUT2D eigenvalue weighted by atomic mass is 10.2. The number of rotatable bonds is 4. The quantitative estimate of drug-likeness (QED) is 0.762. The molecule has 3 heterocycles. The molecule has 0 atom stereocenters. The SMILES string of the molecule is Nc1nc(NCc2ccc3c(c2)OCO3)cc(-c2ccncc2)n1. The number of nitrogens with two attached hydrogens (primary N) is 1. The maximum absolute atomic E-state index is 5.83. The van der Waals surface area contributed by atoms with Gasteiger partial charge in [0.05, 0.1) is 5.69 Å². The third kappa shape index (κ3) is 2.91. The van der Waals surface area contributed by atoms with Gasteiger partial charge in [-0.25, -0.2) is 4.98 Å². The van der Waals surface area contributed by atoms with E-state index in [0.717, 1.165) is 28.3 Å². The van der Waals surface area contributed by atoms with Gasteiger partial charge in [0.2, 0.25) is 12.7 Å². The number of hydrogen-bond acceptors (Lipinski definition) is 7. The van der Waals surface area contributed by atoms with Crippen LogP contribution in [-0.2, 0) is 6.54 Å². The van der Waals surface area contributed by atoms with E-state index in [2.05, 4.69) is 20.3 Å². The Kier molecular flexibility index (Phi) is 3.59. The lowest BCUT2D eigenvalue weighted by Crippen LogP contribution is -2.05. The zero-order chi connectivity index (χ0) is 16.4. The zero-order valence-electron chi connectivity index (χ0n) is 12.8. The van der Waals surface area contributed by atoms with Crippen LogP contribution in [0.3, 0.4) is 0 Å². The maximum Gasteiger partial charge on any atom is 0.231 e. The summed E-state index contributed by atoms with van der Waals surface area (Å²) in [6, 6.07) is 11.4. The molecule has 1 aromatic carbocycles. The van der Waals surface area contributed by atoms with Crippen LogP contribution < -0.4 is 20.5 Å². The number of nitrogens with zero attached hydrogens (tertiary/aromatic N) is 3. The topological polar surface area (TPSA) is 95.2 Å². The van der Waals surface area contributed by atoms with Gasteiger partial charge in [-0.1, -0.05) is 6.07 Å². The van der Waals surface area contributed by atoms with Crippen molar-refractivity contribution in [1.29, 1.82) is 0 Å². The lowest BCUT2D eigenvalue weighted by Gasteiger charge is -2.09. The third-order valence-electron chi connectivity index (χ3n) is 3.63. The minimum absolute atomic E-state index is 0.220. The van der Waals surface area contributed by atoms with Crippen LogP contribution in [0.5, 0.6) is 11.5 Å². The maximum atomic E-state index is 5.83. The smallest absolute Gasteiger partial charge is 0.231 e. The largest absolute Gasteiger partial charge is 0.454 e. The van der Waals surface area contributed by atoms with Gasteiger partial charge in [0.15, 0.2) is 11.5 Å². The van der Waals surface area contributed by atoms with E-state index in [1.165, 1.54) is 0 Å². The van der Waals surface area contributed by atoms with E-state index >= 15 is 0 Å². The number of pyridine rings is 1. The molecule has 0 radical (unpaired) electrons. The molecule has 1 aliphatic rings. The average molecular weight is 321 g/mol. The summed E-state index contributed by atoms with van der Waals surface area (Å²) >= 11 is 0. The molecule has 0 fully saturated rings. The predicted octanol–water partition coefficient (Wildman–Crippen LogP) is 2.46. The van der Waals surface area contributed by atoms with Crippen LogP contribution >= 0.6 is 0 Å². The fourth-order valence-electron chi connectivity index (χ4n) is 2.47. The molecule has 0 unspecified atom stereocenters. The fraction of sp³-hybridized carbons (Fsp3) is 0.118. The molecule has 0 aliphatic carbocycles. The molecule has 7 nitrogen and oxygen atoms in total. The lowest BCUT2D eigenvalue weighted by molar-refractivity contribution is 0.174. The molecule has 0 saturated heterocycles. The van der Waals surface area contributed by atoms with Crippen molar-refractivity contribution in [3.8, 4) is 22.8 Å². The molecular formula is C17H15N5O2. The molecule has 4 rings (SSSR count). The Balaban J connectivity index is 1.53. The van der Waals surface area contributed by atoms with Gasteiger partial charge in [0.1, 0.15) is 5.82 Å². The van der Waals surface area contributed by atoms with Crippen molar-refractivity contribution < 1.29 is 9.47 Å². The summed E-state index contributed by atoms with van der Waals surface area (Å²) in [6.45, 7) is 0.854. The van der Waals surface area contributed by atoms with Crippen molar-refractivity contribution in [3.05, 3.63) is 54.4 Å². The van der Waals surface area contributed by atoms with Crippen LogP contribution in [0.15, 0.2) is 48.8 Å². The summed E-state index contributed by atoms with van der Waals surface area (Å²) in [4.78, 5) is 12.5. The molecule has 0 bridgehead atoms. The summed E-state index contributed by atoms with van der Waals surface area (Å²) in [5, 5.41) is 3.26. The first-order chi connectivity index (χ1) is 11.8. The van der Waals surface area contributed by atoms with Crippen LogP contribution in [-0.4, -0.2) is 21.7 Å². The zero-order valence-corrected chi connectivity index (χ0v) is 12.8. The van der Waals surface area contributed by atoms with Crippen molar-refractivity contribution in [1.82, 2.24) is 15.0 Å². The van der Waals surface area contributed by atoms with Crippen molar-refractivity contribution in [2.75, 3.05) is 17.8 Å². The minimum atomic E-state index is 0.220. The van der Waals surface area contributed by atoms with Crippen molar-refractivity contribution in [3.63, 3.8) is 0 Å². The van der Waals surface area contributed by atoms with Gasteiger partial charge in [0.25, 0.3) is 0 Å². The first-order valence-electron chi connectivity index (χ1n) is 7.45. The van der Waals surface area contributed by atoms with Gasteiger partial charge in [-0.3, -0.25) is 4.98 Å². The summed E-state index contributed by atoms with van der Waals surface area (Å²) in [5.41, 5.74) is 8.57. The van der Waals surface area contributed by atoms with Gasteiger partial charge in [-0.15, -0.1) is 0 Å². The van der Waals surface area contributed by atoms with E-state index in [1.54, 1.807) is 12.4 Å². The summed E-state index contributed by atoms with van der Waals surface area (Å²) in [6.07, 6.45) is 3.43. The van der Waals surface area contributed by atoms with Crippen LogP contribution in [0.1, 0.15) is 5.56 Å². The van der Waals surface area contributed by atoms with E-state index in [-0.39, 0.29) is 12.7 Å². The second kappa shape index (κ2) is 6.04. The molecule has 2 aromatic heterocycles. The van der Waals surface area contributed by atoms with Gasteiger partial charge < -0.3 is 20.5 Å². The number of anilines is 2. The van der Waals surface area contributed by atoms with Crippen molar-refractivity contribution in [2.45, 2.75) is 6.54 Å². The number of fused-ring (bicyclic) bond motifs is 1. The van der Waals surface area contributed by atoms with Gasteiger partial charge in [0, 0.05) is 30.6 Å². The standard InChI is InChI=1S/C17H15N5O2/c18-17-21-13(12-3-5-19-6-4-12)8-16(22-17)20-9-11-1-2-14-15(7-11)24-10-23-14/h1-8H,9-10H2,(H3,18,20,21,22). The molecule has 7 heteroatoms. The number of nitrogen functional groups attached to an aromatic ring is 1. The molecule has 0 amide bonds. The molecule has 0 saturated carbocycles. The Bertz CT molecular complexity index is 870. The molecular weight excluding hydrogens is 306 g/mol. The van der Waals surface area contributed by atoms with Gasteiger partial charge in [-0.05, 0) is 29.8 Å².